The fraction of sp³-hybridized carbons (Fsp3) is 0.409. The van der Waals surface area contributed by atoms with Crippen LogP contribution in [0.3, 0.4) is 0 Å². The van der Waals surface area contributed by atoms with Crippen LogP contribution in [0.4, 0.5) is 0 Å². The van der Waals surface area contributed by atoms with Crippen molar-refractivity contribution in [3.05, 3.63) is 70.7 Å². The van der Waals surface area contributed by atoms with Gasteiger partial charge in [0.2, 0.25) is 5.91 Å². The Kier molecular flexibility index (Phi) is 5.48. The van der Waals surface area contributed by atoms with Crippen LogP contribution in [-0.2, 0) is 14.9 Å². The number of carbonyl (C=O) groups is 1. The third-order valence-electron chi connectivity index (χ3n) is 5.71. The summed E-state index contributed by atoms with van der Waals surface area (Å²) in [6.45, 7) is 3.78. The van der Waals surface area contributed by atoms with Crippen LogP contribution in [0.5, 0.6) is 0 Å². The fourth-order valence-corrected chi connectivity index (χ4v) is 4.05. The molecule has 2 aromatic carbocycles. The molecule has 1 saturated heterocycles. The minimum absolute atomic E-state index is 0.127. The Morgan fingerprint density at radius 3 is 2.37 bits per heavy atom. The molecule has 1 atom stereocenters. The first kappa shape index (κ1) is 18.5. The topological polar surface area (TPSA) is 41.6 Å². The van der Waals surface area contributed by atoms with E-state index in [-0.39, 0.29) is 17.4 Å². The summed E-state index contributed by atoms with van der Waals surface area (Å²) in [6, 6.07) is 18.2. The van der Waals surface area contributed by atoms with Crippen molar-refractivity contribution in [2.75, 3.05) is 32.8 Å². The zero-order valence-electron chi connectivity index (χ0n) is 15.4. The van der Waals surface area contributed by atoms with E-state index in [1.807, 2.05) is 30.3 Å². The fourth-order valence-electron chi connectivity index (χ4n) is 3.92. The summed E-state index contributed by atoms with van der Waals surface area (Å²) in [6.07, 6.45) is 1.85. The Labute approximate surface area is 165 Å². The number of carbonyl (C=O) groups excluding carboxylic acids is 1. The van der Waals surface area contributed by atoms with Crippen LogP contribution in [0.2, 0.25) is 5.02 Å². The van der Waals surface area contributed by atoms with Gasteiger partial charge < -0.3 is 10.1 Å². The number of amides is 1. The summed E-state index contributed by atoms with van der Waals surface area (Å²) in [5.41, 5.74) is 1.96. The van der Waals surface area contributed by atoms with Gasteiger partial charge in [0, 0.05) is 24.7 Å². The van der Waals surface area contributed by atoms with Crippen molar-refractivity contribution in [2.45, 2.75) is 24.3 Å². The number of rotatable bonds is 6. The van der Waals surface area contributed by atoms with E-state index in [1.165, 1.54) is 5.56 Å². The van der Waals surface area contributed by atoms with Gasteiger partial charge in [-0.1, -0.05) is 54.1 Å². The molecule has 2 fully saturated rings. The molecule has 1 saturated carbocycles. The first-order valence-corrected chi connectivity index (χ1v) is 9.98. The molecule has 1 aliphatic heterocycles. The predicted octanol–water partition coefficient (Wildman–Crippen LogP) is 3.56. The van der Waals surface area contributed by atoms with E-state index in [0.717, 1.165) is 49.7 Å². The zero-order valence-corrected chi connectivity index (χ0v) is 16.1. The van der Waals surface area contributed by atoms with Crippen molar-refractivity contribution >= 4 is 17.5 Å². The van der Waals surface area contributed by atoms with Crippen molar-refractivity contribution in [3.8, 4) is 0 Å². The Bertz CT molecular complexity index is 769. The van der Waals surface area contributed by atoms with Crippen LogP contribution >= 0.6 is 11.6 Å². The second kappa shape index (κ2) is 8.01. The summed E-state index contributed by atoms with van der Waals surface area (Å²) in [5.74, 6) is 0.140. The number of halogens is 1. The molecule has 1 aliphatic carbocycles. The average molecular weight is 385 g/mol. The van der Waals surface area contributed by atoms with Gasteiger partial charge in [-0.2, -0.15) is 0 Å². The highest BCUT2D eigenvalue weighted by atomic mass is 35.5. The third-order valence-corrected chi connectivity index (χ3v) is 5.96. The molecule has 2 aliphatic rings. The molecule has 142 valence electrons. The summed E-state index contributed by atoms with van der Waals surface area (Å²) >= 11 is 6.06. The molecule has 0 radical (unpaired) electrons. The molecule has 4 rings (SSSR count). The highest BCUT2D eigenvalue weighted by molar-refractivity contribution is 6.30. The quantitative estimate of drug-likeness (QED) is 0.827. The van der Waals surface area contributed by atoms with Crippen molar-refractivity contribution < 1.29 is 9.53 Å². The maximum atomic E-state index is 13.0. The van der Waals surface area contributed by atoms with Crippen molar-refractivity contribution in [3.63, 3.8) is 0 Å². The first-order valence-electron chi connectivity index (χ1n) is 9.60. The van der Waals surface area contributed by atoms with Gasteiger partial charge in [0.15, 0.2) is 0 Å². The van der Waals surface area contributed by atoms with Gasteiger partial charge in [-0.3, -0.25) is 9.69 Å². The number of hydrogen-bond donors (Lipinski definition) is 1. The first-order chi connectivity index (χ1) is 13.2. The van der Waals surface area contributed by atoms with Gasteiger partial charge in [0.1, 0.15) is 0 Å². The second-order valence-electron chi connectivity index (χ2n) is 7.37. The molecular formula is C22H25ClN2O2. The summed E-state index contributed by atoms with van der Waals surface area (Å²) in [7, 11) is 0. The van der Waals surface area contributed by atoms with Crippen LogP contribution < -0.4 is 5.32 Å². The highest BCUT2D eigenvalue weighted by Gasteiger charge is 2.51. The lowest BCUT2D eigenvalue weighted by molar-refractivity contribution is -0.124. The lowest BCUT2D eigenvalue weighted by Gasteiger charge is -2.35. The largest absolute Gasteiger partial charge is 0.379 e. The van der Waals surface area contributed by atoms with Gasteiger partial charge in [0.05, 0.1) is 24.7 Å². The van der Waals surface area contributed by atoms with E-state index in [4.69, 9.17) is 16.3 Å². The van der Waals surface area contributed by atoms with Crippen LogP contribution in [0, 0.1) is 0 Å². The number of nitrogens with one attached hydrogen (secondary N) is 1. The van der Waals surface area contributed by atoms with Crippen molar-refractivity contribution in [2.24, 2.45) is 0 Å². The summed E-state index contributed by atoms with van der Waals surface area (Å²) < 4.78 is 5.50. The zero-order chi connectivity index (χ0) is 18.7. The Morgan fingerprint density at radius 2 is 1.74 bits per heavy atom. The monoisotopic (exact) mass is 384 g/mol. The molecule has 1 N–H and O–H groups in total. The predicted molar refractivity (Wildman–Crippen MR) is 107 cm³/mol. The average Bonchev–Trinajstić information content (AvgIpc) is 3.53. The van der Waals surface area contributed by atoms with E-state index in [1.54, 1.807) is 0 Å². The van der Waals surface area contributed by atoms with Crippen LogP contribution in [-0.4, -0.2) is 43.7 Å². The van der Waals surface area contributed by atoms with E-state index < -0.39 is 0 Å². The van der Waals surface area contributed by atoms with E-state index >= 15 is 0 Å². The minimum atomic E-state index is -0.336. The number of nitrogens with zero attached hydrogens (tertiary/aromatic N) is 1. The number of hydrogen-bond acceptors (Lipinski definition) is 3. The maximum Gasteiger partial charge on any atom is 0.230 e. The van der Waals surface area contributed by atoms with Gasteiger partial charge >= 0.3 is 0 Å². The van der Waals surface area contributed by atoms with Gasteiger partial charge in [-0.05, 0) is 36.1 Å². The SMILES string of the molecule is O=C(NCC(c1ccc(Cl)cc1)N1CCOCC1)C1(c2ccccc2)CC1. The molecule has 1 unspecified atom stereocenters. The summed E-state index contributed by atoms with van der Waals surface area (Å²) in [5, 5.41) is 3.97. The number of morpholine rings is 1. The third kappa shape index (κ3) is 4.03. The standard InChI is InChI=1S/C22H25ClN2O2/c23-19-8-6-17(7-9-19)20(25-12-14-27-15-13-25)16-24-21(26)22(10-11-22)18-4-2-1-3-5-18/h1-9,20H,10-16H2,(H,24,26). The van der Waals surface area contributed by atoms with Gasteiger partial charge in [0.25, 0.3) is 0 Å². The lowest BCUT2D eigenvalue weighted by Crippen LogP contribution is -2.45. The van der Waals surface area contributed by atoms with E-state index in [0.29, 0.717) is 6.54 Å². The molecule has 5 heteroatoms. The van der Waals surface area contributed by atoms with Crippen LogP contribution in [0.15, 0.2) is 54.6 Å². The molecule has 1 heterocycles. The highest BCUT2D eigenvalue weighted by Crippen LogP contribution is 2.48. The van der Waals surface area contributed by atoms with E-state index in [2.05, 4.69) is 34.5 Å². The molecule has 0 aromatic heterocycles. The van der Waals surface area contributed by atoms with E-state index in [9.17, 15) is 4.79 Å². The molecule has 27 heavy (non-hydrogen) atoms. The van der Waals surface area contributed by atoms with Crippen molar-refractivity contribution in [1.82, 2.24) is 10.2 Å². The smallest absolute Gasteiger partial charge is 0.230 e. The van der Waals surface area contributed by atoms with Crippen LogP contribution in [0.25, 0.3) is 0 Å². The maximum absolute atomic E-state index is 13.0. The molecule has 1 amide bonds. The number of ether oxygens (including phenoxy) is 1. The Hall–Kier alpha value is -1.88. The molecular weight excluding hydrogens is 360 g/mol. The lowest BCUT2D eigenvalue weighted by atomic mass is 9.94. The van der Waals surface area contributed by atoms with Gasteiger partial charge in [-0.15, -0.1) is 0 Å². The molecule has 4 nitrogen and oxygen atoms in total. The molecule has 0 spiro atoms. The Morgan fingerprint density at radius 1 is 1.07 bits per heavy atom. The second-order valence-corrected chi connectivity index (χ2v) is 7.81. The molecule has 2 aromatic rings. The Balaban J connectivity index is 1.48. The number of benzene rings is 2. The normalized spacial score (nSPS) is 20.0. The van der Waals surface area contributed by atoms with Crippen molar-refractivity contribution in [1.29, 1.82) is 0 Å². The minimum Gasteiger partial charge on any atom is -0.379 e. The van der Waals surface area contributed by atoms with Gasteiger partial charge in [-0.25, -0.2) is 0 Å². The molecule has 0 bridgehead atoms. The van der Waals surface area contributed by atoms with Crippen LogP contribution in [0.1, 0.15) is 30.0 Å². The summed E-state index contributed by atoms with van der Waals surface area (Å²) in [4.78, 5) is 15.4.